The van der Waals surface area contributed by atoms with Crippen LogP contribution >= 0.6 is 0 Å². The van der Waals surface area contributed by atoms with E-state index in [1.165, 1.54) is 4.90 Å². The van der Waals surface area contributed by atoms with Gasteiger partial charge < -0.3 is 10.5 Å². The molecular formula is C14H12N2O3. The van der Waals surface area contributed by atoms with Gasteiger partial charge in [0.05, 0.1) is 11.4 Å². The Morgan fingerprint density at radius 3 is 1.63 bits per heavy atom. The molecule has 0 atom stereocenters. The van der Waals surface area contributed by atoms with E-state index in [1.54, 1.807) is 48.5 Å². The Hall–Kier alpha value is -2.82. The van der Waals surface area contributed by atoms with Crippen molar-refractivity contribution >= 4 is 23.6 Å². The summed E-state index contributed by atoms with van der Waals surface area (Å²) in [6.07, 6.45) is -1.98. The topological polar surface area (TPSA) is 72.6 Å². The molecule has 0 aliphatic carbocycles. The highest BCUT2D eigenvalue weighted by atomic mass is 16.6. The highest BCUT2D eigenvalue weighted by Crippen LogP contribution is 2.25. The maximum atomic E-state index is 12.0. The van der Waals surface area contributed by atoms with Gasteiger partial charge in [-0.15, -0.1) is 0 Å². The molecule has 0 aromatic heterocycles. The quantitative estimate of drug-likeness (QED) is 0.839. The fourth-order valence-electron chi connectivity index (χ4n) is 1.65. The molecule has 0 fully saturated rings. The number of benzene rings is 2. The van der Waals surface area contributed by atoms with Crippen molar-refractivity contribution in [3.05, 3.63) is 60.7 Å². The Balaban J connectivity index is 2.40. The average Bonchev–Trinajstić information content (AvgIpc) is 2.40. The minimum atomic E-state index is -1.14. The summed E-state index contributed by atoms with van der Waals surface area (Å²) in [6, 6.07) is 17.7. The lowest BCUT2D eigenvalue weighted by molar-refractivity contribution is 0.164. The van der Waals surface area contributed by atoms with Crippen LogP contribution in [0.3, 0.4) is 0 Å². The number of hydrogen-bond acceptors (Lipinski definition) is 3. The molecule has 0 saturated carbocycles. The second-order valence-corrected chi connectivity index (χ2v) is 3.69. The van der Waals surface area contributed by atoms with E-state index in [-0.39, 0.29) is 0 Å². The Bertz CT molecular complexity index is 530. The van der Waals surface area contributed by atoms with Gasteiger partial charge in [-0.1, -0.05) is 36.4 Å². The van der Waals surface area contributed by atoms with Gasteiger partial charge in [0, 0.05) is 0 Å². The van der Waals surface area contributed by atoms with Crippen molar-refractivity contribution in [3.63, 3.8) is 0 Å². The van der Waals surface area contributed by atoms with E-state index < -0.39 is 12.2 Å². The first kappa shape index (κ1) is 12.6. The molecule has 96 valence electrons. The molecule has 0 aliphatic rings. The zero-order valence-electron chi connectivity index (χ0n) is 10.0. The third-order valence-electron chi connectivity index (χ3n) is 2.40. The summed E-state index contributed by atoms with van der Waals surface area (Å²) < 4.78 is 4.45. The first-order valence-electron chi connectivity index (χ1n) is 5.60. The number of nitrogens with two attached hydrogens (primary N) is 1. The Morgan fingerprint density at radius 2 is 1.26 bits per heavy atom. The van der Waals surface area contributed by atoms with Crippen molar-refractivity contribution in [1.82, 2.24) is 0 Å². The average molecular weight is 256 g/mol. The molecule has 0 saturated heterocycles. The molecule has 19 heavy (non-hydrogen) atoms. The van der Waals surface area contributed by atoms with Crippen molar-refractivity contribution in [3.8, 4) is 0 Å². The number of hydrogen-bond donors (Lipinski definition) is 1. The summed E-state index contributed by atoms with van der Waals surface area (Å²) in [7, 11) is 0. The molecule has 2 amide bonds. The minimum Gasteiger partial charge on any atom is -0.359 e. The molecule has 5 heteroatoms. The summed E-state index contributed by atoms with van der Waals surface area (Å²) in [5.74, 6) is 0. The zero-order valence-corrected chi connectivity index (χ0v) is 10.0. The van der Waals surface area contributed by atoms with Gasteiger partial charge >= 0.3 is 12.2 Å². The number of para-hydroxylation sites is 2. The van der Waals surface area contributed by atoms with E-state index in [1.807, 2.05) is 12.1 Å². The normalized spacial score (nSPS) is 9.68. The summed E-state index contributed by atoms with van der Waals surface area (Å²) in [4.78, 5) is 24.0. The van der Waals surface area contributed by atoms with E-state index in [2.05, 4.69) is 4.74 Å². The highest BCUT2D eigenvalue weighted by Gasteiger charge is 2.20. The predicted molar refractivity (Wildman–Crippen MR) is 71.1 cm³/mol. The SMILES string of the molecule is NC(=O)OC(=O)N(c1ccccc1)c1ccccc1. The third-order valence-corrected chi connectivity index (χ3v) is 2.40. The monoisotopic (exact) mass is 256 g/mol. The van der Waals surface area contributed by atoms with Gasteiger partial charge in [0.2, 0.25) is 0 Å². The number of anilines is 2. The maximum absolute atomic E-state index is 12.0. The van der Waals surface area contributed by atoms with Crippen LogP contribution < -0.4 is 10.6 Å². The van der Waals surface area contributed by atoms with Crippen LogP contribution in [0.15, 0.2) is 60.7 Å². The van der Waals surface area contributed by atoms with E-state index in [4.69, 9.17) is 5.73 Å². The number of amides is 2. The molecule has 5 nitrogen and oxygen atoms in total. The lowest BCUT2D eigenvalue weighted by Gasteiger charge is -2.21. The molecule has 0 aliphatic heterocycles. The van der Waals surface area contributed by atoms with Crippen molar-refractivity contribution in [1.29, 1.82) is 0 Å². The number of ether oxygens (including phenoxy) is 1. The Kier molecular flexibility index (Phi) is 3.78. The standard InChI is InChI=1S/C14H12N2O3/c15-13(17)19-14(18)16(11-7-3-1-4-8-11)12-9-5-2-6-10-12/h1-10H,(H2,15,17). The zero-order chi connectivity index (χ0) is 13.7. The van der Waals surface area contributed by atoms with Gasteiger partial charge in [-0.05, 0) is 24.3 Å². The molecule has 2 N–H and O–H groups in total. The summed E-state index contributed by atoms with van der Waals surface area (Å²) in [6.45, 7) is 0. The first-order valence-corrected chi connectivity index (χ1v) is 5.60. The fraction of sp³-hybridized carbons (Fsp3) is 0. The van der Waals surface area contributed by atoms with Crippen molar-refractivity contribution in [2.75, 3.05) is 4.90 Å². The molecule has 0 spiro atoms. The molecular weight excluding hydrogens is 244 g/mol. The molecule has 2 aromatic carbocycles. The number of carbonyl (C=O) groups is 2. The molecule has 2 rings (SSSR count). The van der Waals surface area contributed by atoms with Crippen LogP contribution in [0.2, 0.25) is 0 Å². The van der Waals surface area contributed by atoms with E-state index in [0.29, 0.717) is 11.4 Å². The maximum Gasteiger partial charge on any atom is 0.427 e. The fourth-order valence-corrected chi connectivity index (χ4v) is 1.65. The molecule has 0 bridgehead atoms. The lowest BCUT2D eigenvalue weighted by atomic mass is 10.2. The van der Waals surface area contributed by atoms with Crippen LogP contribution in [0.4, 0.5) is 21.0 Å². The van der Waals surface area contributed by atoms with E-state index >= 15 is 0 Å². The Morgan fingerprint density at radius 1 is 0.842 bits per heavy atom. The van der Waals surface area contributed by atoms with Gasteiger partial charge in [-0.3, -0.25) is 0 Å². The van der Waals surface area contributed by atoms with E-state index in [9.17, 15) is 9.59 Å². The van der Waals surface area contributed by atoms with Crippen molar-refractivity contribution in [2.45, 2.75) is 0 Å². The van der Waals surface area contributed by atoms with Crippen molar-refractivity contribution < 1.29 is 14.3 Å². The summed E-state index contributed by atoms with van der Waals surface area (Å²) >= 11 is 0. The second kappa shape index (κ2) is 5.68. The van der Waals surface area contributed by atoms with Gasteiger partial charge in [0.15, 0.2) is 0 Å². The number of nitrogens with zero attached hydrogens (tertiary/aromatic N) is 1. The minimum absolute atomic E-state index is 0.583. The van der Waals surface area contributed by atoms with Crippen LogP contribution in [0.1, 0.15) is 0 Å². The number of carbonyl (C=O) groups excluding carboxylic acids is 2. The van der Waals surface area contributed by atoms with Gasteiger partial charge in [-0.2, -0.15) is 0 Å². The van der Waals surface area contributed by atoms with Gasteiger partial charge in [0.25, 0.3) is 0 Å². The van der Waals surface area contributed by atoms with Crippen molar-refractivity contribution in [2.24, 2.45) is 5.73 Å². The third kappa shape index (κ3) is 3.10. The van der Waals surface area contributed by atoms with Gasteiger partial charge in [-0.25, -0.2) is 14.5 Å². The summed E-state index contributed by atoms with van der Waals surface area (Å²) in [5.41, 5.74) is 6.05. The lowest BCUT2D eigenvalue weighted by Crippen LogP contribution is -2.30. The molecule has 0 unspecified atom stereocenters. The largest absolute Gasteiger partial charge is 0.427 e. The molecule has 2 aromatic rings. The molecule has 0 heterocycles. The highest BCUT2D eigenvalue weighted by molar-refractivity contribution is 6.00. The van der Waals surface area contributed by atoms with Crippen LogP contribution in [0.5, 0.6) is 0 Å². The summed E-state index contributed by atoms with van der Waals surface area (Å²) in [5, 5.41) is 0. The van der Waals surface area contributed by atoms with Crippen LogP contribution in [-0.2, 0) is 4.74 Å². The van der Waals surface area contributed by atoms with Crippen LogP contribution in [-0.4, -0.2) is 12.2 Å². The predicted octanol–water partition coefficient (Wildman–Crippen LogP) is 3.04. The number of primary amides is 1. The second-order valence-electron chi connectivity index (χ2n) is 3.69. The first-order chi connectivity index (χ1) is 9.18. The number of rotatable bonds is 2. The van der Waals surface area contributed by atoms with E-state index in [0.717, 1.165) is 0 Å². The van der Waals surface area contributed by atoms with Gasteiger partial charge in [0.1, 0.15) is 0 Å². The smallest absolute Gasteiger partial charge is 0.359 e. The van der Waals surface area contributed by atoms with Crippen LogP contribution in [0, 0.1) is 0 Å². The Labute approximate surface area is 110 Å². The van der Waals surface area contributed by atoms with Crippen LogP contribution in [0.25, 0.3) is 0 Å². The molecule has 0 radical (unpaired) electrons.